The summed E-state index contributed by atoms with van der Waals surface area (Å²) in [6, 6.07) is 13.6. The minimum absolute atomic E-state index is 0.0316. The molecule has 1 atom stereocenters. The highest BCUT2D eigenvalue weighted by Gasteiger charge is 2.37. The van der Waals surface area contributed by atoms with Crippen molar-refractivity contribution in [3.8, 4) is 11.5 Å². The van der Waals surface area contributed by atoms with Gasteiger partial charge in [-0.2, -0.15) is 0 Å². The Morgan fingerprint density at radius 2 is 1.90 bits per heavy atom. The molecule has 1 unspecified atom stereocenters. The molecule has 0 radical (unpaired) electrons. The first-order valence-electron chi connectivity index (χ1n) is 10.1. The van der Waals surface area contributed by atoms with Crippen molar-refractivity contribution >= 4 is 17.5 Å². The van der Waals surface area contributed by atoms with Crippen molar-refractivity contribution in [3.63, 3.8) is 0 Å². The number of amides is 2. The van der Waals surface area contributed by atoms with Crippen molar-refractivity contribution in [1.82, 2.24) is 4.90 Å². The summed E-state index contributed by atoms with van der Waals surface area (Å²) in [5, 5.41) is 0. The lowest BCUT2D eigenvalue weighted by Crippen LogP contribution is -2.37. The van der Waals surface area contributed by atoms with Gasteiger partial charge in [0.25, 0.3) is 0 Å². The predicted octanol–water partition coefficient (Wildman–Crippen LogP) is 3.17. The van der Waals surface area contributed by atoms with Crippen LogP contribution in [0.3, 0.4) is 0 Å². The number of hydrogen-bond acceptors (Lipinski definition) is 4. The van der Waals surface area contributed by atoms with Gasteiger partial charge >= 0.3 is 0 Å². The maximum atomic E-state index is 13.1. The average molecular weight is 394 g/mol. The van der Waals surface area contributed by atoms with E-state index in [1.165, 1.54) is 5.56 Å². The SMILES string of the molecule is CCN(Cc1ccccc1C)C(=O)C1CC(=O)N(c2ccc3c(c2)OCCO3)C1. The molecular formula is C23H26N2O4. The first-order valence-corrected chi connectivity index (χ1v) is 10.1. The fourth-order valence-corrected chi connectivity index (χ4v) is 3.92. The zero-order chi connectivity index (χ0) is 20.4. The number of aryl methyl sites for hydroxylation is 1. The highest BCUT2D eigenvalue weighted by Crippen LogP contribution is 2.36. The molecule has 6 nitrogen and oxygen atoms in total. The Hall–Kier alpha value is -3.02. The summed E-state index contributed by atoms with van der Waals surface area (Å²) in [7, 11) is 0. The van der Waals surface area contributed by atoms with Gasteiger partial charge in [-0.15, -0.1) is 0 Å². The van der Waals surface area contributed by atoms with E-state index in [0.717, 1.165) is 11.3 Å². The van der Waals surface area contributed by atoms with Gasteiger partial charge in [0.2, 0.25) is 11.8 Å². The molecule has 2 aromatic rings. The number of fused-ring (bicyclic) bond motifs is 1. The normalized spacial score (nSPS) is 18.1. The summed E-state index contributed by atoms with van der Waals surface area (Å²) in [5.41, 5.74) is 3.05. The molecule has 6 heteroatoms. The summed E-state index contributed by atoms with van der Waals surface area (Å²) in [6.45, 7) is 6.62. The van der Waals surface area contributed by atoms with Crippen LogP contribution in [0.4, 0.5) is 5.69 Å². The number of carbonyl (C=O) groups excluding carboxylic acids is 2. The minimum atomic E-state index is -0.334. The molecule has 2 aliphatic heterocycles. The van der Waals surface area contributed by atoms with Crippen LogP contribution in [-0.2, 0) is 16.1 Å². The van der Waals surface area contributed by atoms with Gasteiger partial charge in [0.15, 0.2) is 11.5 Å². The van der Waals surface area contributed by atoms with Crippen LogP contribution in [-0.4, -0.2) is 43.0 Å². The first kappa shape index (κ1) is 19.3. The van der Waals surface area contributed by atoms with Crippen LogP contribution in [0.1, 0.15) is 24.5 Å². The van der Waals surface area contributed by atoms with Crippen LogP contribution in [0.15, 0.2) is 42.5 Å². The van der Waals surface area contributed by atoms with E-state index in [2.05, 4.69) is 13.0 Å². The maximum Gasteiger partial charge on any atom is 0.228 e. The van der Waals surface area contributed by atoms with Gasteiger partial charge in [0.05, 0.1) is 5.92 Å². The summed E-state index contributed by atoms with van der Waals surface area (Å²) in [5.74, 6) is 0.997. The van der Waals surface area contributed by atoms with Crippen LogP contribution in [0.5, 0.6) is 11.5 Å². The second-order valence-corrected chi connectivity index (χ2v) is 7.51. The molecule has 1 saturated heterocycles. The van der Waals surface area contributed by atoms with E-state index >= 15 is 0 Å². The molecule has 29 heavy (non-hydrogen) atoms. The largest absolute Gasteiger partial charge is 0.486 e. The van der Waals surface area contributed by atoms with Crippen molar-refractivity contribution in [2.75, 3.05) is 31.2 Å². The third-order valence-corrected chi connectivity index (χ3v) is 5.63. The zero-order valence-corrected chi connectivity index (χ0v) is 16.9. The highest BCUT2D eigenvalue weighted by atomic mass is 16.6. The number of rotatable bonds is 5. The summed E-state index contributed by atoms with van der Waals surface area (Å²) in [4.78, 5) is 29.3. The van der Waals surface area contributed by atoms with E-state index in [9.17, 15) is 9.59 Å². The van der Waals surface area contributed by atoms with E-state index < -0.39 is 0 Å². The van der Waals surface area contributed by atoms with Crippen LogP contribution in [0.2, 0.25) is 0 Å². The number of benzene rings is 2. The Labute approximate surface area is 171 Å². The molecule has 4 rings (SSSR count). The predicted molar refractivity (Wildman–Crippen MR) is 110 cm³/mol. The van der Waals surface area contributed by atoms with Gasteiger partial charge < -0.3 is 19.3 Å². The Kier molecular flexibility index (Phi) is 5.43. The van der Waals surface area contributed by atoms with E-state index in [4.69, 9.17) is 9.47 Å². The molecule has 2 heterocycles. The van der Waals surface area contributed by atoms with E-state index in [-0.39, 0.29) is 24.2 Å². The molecule has 0 N–H and O–H groups in total. The zero-order valence-electron chi connectivity index (χ0n) is 16.9. The van der Waals surface area contributed by atoms with E-state index in [1.807, 2.05) is 48.2 Å². The van der Waals surface area contributed by atoms with Gasteiger partial charge in [0.1, 0.15) is 13.2 Å². The van der Waals surface area contributed by atoms with Gasteiger partial charge in [-0.1, -0.05) is 24.3 Å². The van der Waals surface area contributed by atoms with Crippen molar-refractivity contribution in [1.29, 1.82) is 0 Å². The monoisotopic (exact) mass is 394 g/mol. The van der Waals surface area contributed by atoms with Gasteiger partial charge in [-0.25, -0.2) is 0 Å². The van der Waals surface area contributed by atoms with Gasteiger partial charge in [-0.3, -0.25) is 9.59 Å². The van der Waals surface area contributed by atoms with E-state index in [1.54, 1.807) is 4.90 Å². The Morgan fingerprint density at radius 3 is 2.66 bits per heavy atom. The van der Waals surface area contributed by atoms with Crippen molar-refractivity contribution in [2.24, 2.45) is 5.92 Å². The fraction of sp³-hybridized carbons (Fsp3) is 0.391. The third kappa shape index (κ3) is 3.92. The second kappa shape index (κ2) is 8.15. The number of hydrogen-bond donors (Lipinski definition) is 0. The molecule has 0 spiro atoms. The van der Waals surface area contributed by atoms with Gasteiger partial charge in [-0.05, 0) is 37.1 Å². The number of nitrogens with zero attached hydrogens (tertiary/aromatic N) is 2. The summed E-state index contributed by atoms with van der Waals surface area (Å²) in [6.07, 6.45) is 0.234. The third-order valence-electron chi connectivity index (χ3n) is 5.63. The molecule has 2 aromatic carbocycles. The van der Waals surface area contributed by atoms with Crippen molar-refractivity contribution < 1.29 is 19.1 Å². The fourth-order valence-electron chi connectivity index (χ4n) is 3.92. The molecular weight excluding hydrogens is 368 g/mol. The topological polar surface area (TPSA) is 59.1 Å². The number of anilines is 1. The van der Waals surface area contributed by atoms with Crippen LogP contribution in [0, 0.1) is 12.8 Å². The Morgan fingerprint density at radius 1 is 1.14 bits per heavy atom. The quantitative estimate of drug-likeness (QED) is 0.782. The Balaban J connectivity index is 1.48. The highest BCUT2D eigenvalue weighted by molar-refractivity contribution is 6.00. The van der Waals surface area contributed by atoms with Crippen molar-refractivity contribution in [2.45, 2.75) is 26.8 Å². The first-order chi connectivity index (χ1) is 14.1. The summed E-state index contributed by atoms with van der Waals surface area (Å²) < 4.78 is 11.2. The molecule has 2 amide bonds. The van der Waals surface area contributed by atoms with Crippen LogP contribution in [0.25, 0.3) is 0 Å². The second-order valence-electron chi connectivity index (χ2n) is 7.51. The van der Waals surface area contributed by atoms with Crippen LogP contribution >= 0.6 is 0 Å². The molecule has 0 aromatic heterocycles. The van der Waals surface area contributed by atoms with Crippen molar-refractivity contribution in [3.05, 3.63) is 53.6 Å². The minimum Gasteiger partial charge on any atom is -0.486 e. The lowest BCUT2D eigenvalue weighted by Gasteiger charge is -2.25. The number of carbonyl (C=O) groups is 2. The lowest BCUT2D eigenvalue weighted by atomic mass is 10.0. The molecule has 1 fully saturated rings. The molecule has 0 aliphatic carbocycles. The lowest BCUT2D eigenvalue weighted by molar-refractivity contribution is -0.136. The Bertz CT molecular complexity index is 927. The van der Waals surface area contributed by atoms with Gasteiger partial charge in [0, 0.05) is 37.8 Å². The van der Waals surface area contributed by atoms with E-state index in [0.29, 0.717) is 44.3 Å². The van der Waals surface area contributed by atoms with Crippen LogP contribution < -0.4 is 14.4 Å². The molecule has 0 bridgehead atoms. The summed E-state index contributed by atoms with van der Waals surface area (Å²) >= 11 is 0. The standard InChI is InChI=1S/C23H26N2O4/c1-3-24(14-17-7-5-4-6-16(17)2)23(27)18-12-22(26)25(15-18)19-8-9-20-21(13-19)29-11-10-28-20/h4-9,13,18H,3,10-12,14-15H2,1-2H3. The molecule has 2 aliphatic rings. The molecule has 152 valence electrons. The molecule has 0 saturated carbocycles. The average Bonchev–Trinajstić information content (AvgIpc) is 3.14. The maximum absolute atomic E-state index is 13.1. The number of ether oxygens (including phenoxy) is 2. The smallest absolute Gasteiger partial charge is 0.228 e.